The molecule has 2 atom stereocenters. The van der Waals surface area contributed by atoms with Crippen molar-refractivity contribution in [1.29, 1.82) is 0 Å². The Kier molecular flexibility index (Phi) is 5.15. The summed E-state index contributed by atoms with van der Waals surface area (Å²) in [4.78, 5) is 0. The molecule has 3 N–H and O–H groups in total. The Hall–Kier alpha value is -0.680. The van der Waals surface area contributed by atoms with Crippen molar-refractivity contribution in [3.8, 4) is 0 Å². The average molecular weight is 248 g/mol. The molecule has 1 aromatic rings. The van der Waals surface area contributed by atoms with Crippen LogP contribution in [0, 0.1) is 5.82 Å². The summed E-state index contributed by atoms with van der Waals surface area (Å²) in [6.07, 6.45) is -0.418. The van der Waals surface area contributed by atoms with Crippen LogP contribution >= 0.6 is 11.6 Å². The number of aliphatic hydroxyl groups excluding tert-OH is 1. The lowest BCUT2D eigenvalue weighted by atomic mass is 10.0. The maximum Gasteiger partial charge on any atom is 0.141 e. The fourth-order valence-corrected chi connectivity index (χ4v) is 1.61. The second-order valence-electron chi connectivity index (χ2n) is 3.64. The molecule has 1 rings (SSSR count). The first-order chi connectivity index (χ1) is 7.54. The van der Waals surface area contributed by atoms with E-state index in [-0.39, 0.29) is 11.1 Å². The molecule has 0 bridgehead atoms. The molecule has 90 valence electrons. The lowest BCUT2D eigenvalue weighted by molar-refractivity contribution is 0.122. The van der Waals surface area contributed by atoms with E-state index in [1.165, 1.54) is 18.2 Å². The fraction of sp³-hybridized carbons (Fsp3) is 0.455. The first-order valence-electron chi connectivity index (χ1n) is 4.92. The SMILES string of the molecule is COCC(N)CC(O)c1ccc(F)c(Cl)c1. The van der Waals surface area contributed by atoms with Gasteiger partial charge >= 0.3 is 0 Å². The van der Waals surface area contributed by atoms with Crippen molar-refractivity contribution < 1.29 is 14.2 Å². The minimum absolute atomic E-state index is 0.00290. The Bertz CT molecular complexity index is 349. The summed E-state index contributed by atoms with van der Waals surface area (Å²) < 4.78 is 17.7. The number of rotatable bonds is 5. The number of ether oxygens (including phenoxy) is 1. The Morgan fingerprint density at radius 1 is 1.56 bits per heavy atom. The van der Waals surface area contributed by atoms with Gasteiger partial charge in [0.05, 0.1) is 17.7 Å². The zero-order valence-electron chi connectivity index (χ0n) is 8.99. The van der Waals surface area contributed by atoms with Crippen LogP contribution in [0.25, 0.3) is 0 Å². The van der Waals surface area contributed by atoms with Crippen LogP contribution in [0.3, 0.4) is 0 Å². The molecule has 0 saturated carbocycles. The van der Waals surface area contributed by atoms with Crippen LogP contribution in [-0.2, 0) is 4.74 Å². The monoisotopic (exact) mass is 247 g/mol. The van der Waals surface area contributed by atoms with Gasteiger partial charge in [0.25, 0.3) is 0 Å². The summed E-state index contributed by atoms with van der Waals surface area (Å²) in [5.74, 6) is -0.501. The molecule has 0 fully saturated rings. The molecular weight excluding hydrogens is 233 g/mol. The molecule has 0 saturated heterocycles. The van der Waals surface area contributed by atoms with Gasteiger partial charge in [-0.15, -0.1) is 0 Å². The van der Waals surface area contributed by atoms with Crippen LogP contribution < -0.4 is 5.73 Å². The van der Waals surface area contributed by atoms with Crippen molar-refractivity contribution in [3.05, 3.63) is 34.6 Å². The van der Waals surface area contributed by atoms with E-state index in [2.05, 4.69) is 0 Å². The lowest BCUT2D eigenvalue weighted by Gasteiger charge is -2.16. The van der Waals surface area contributed by atoms with Crippen molar-refractivity contribution in [1.82, 2.24) is 0 Å². The third kappa shape index (κ3) is 3.72. The van der Waals surface area contributed by atoms with E-state index < -0.39 is 11.9 Å². The van der Waals surface area contributed by atoms with E-state index in [4.69, 9.17) is 22.1 Å². The fourth-order valence-electron chi connectivity index (χ4n) is 1.42. The highest BCUT2D eigenvalue weighted by atomic mass is 35.5. The Balaban J connectivity index is 2.65. The topological polar surface area (TPSA) is 55.5 Å². The van der Waals surface area contributed by atoms with Crippen LogP contribution in [0.2, 0.25) is 5.02 Å². The summed E-state index contributed by atoms with van der Waals surface area (Å²) in [7, 11) is 1.54. The van der Waals surface area contributed by atoms with Crippen LogP contribution in [0.15, 0.2) is 18.2 Å². The molecule has 1 aromatic carbocycles. The minimum Gasteiger partial charge on any atom is -0.388 e. The first-order valence-corrected chi connectivity index (χ1v) is 5.30. The summed E-state index contributed by atoms with van der Waals surface area (Å²) in [5.41, 5.74) is 6.25. The number of benzene rings is 1. The van der Waals surface area contributed by atoms with E-state index in [1.54, 1.807) is 7.11 Å². The summed E-state index contributed by atoms with van der Waals surface area (Å²) in [6, 6.07) is 3.86. The molecule has 3 nitrogen and oxygen atoms in total. The summed E-state index contributed by atoms with van der Waals surface area (Å²) in [5, 5.41) is 9.81. The van der Waals surface area contributed by atoms with E-state index in [0.717, 1.165) is 0 Å². The maximum atomic E-state index is 12.9. The van der Waals surface area contributed by atoms with Gasteiger partial charge in [-0.25, -0.2) is 4.39 Å². The smallest absolute Gasteiger partial charge is 0.141 e. The highest BCUT2D eigenvalue weighted by molar-refractivity contribution is 6.30. The highest BCUT2D eigenvalue weighted by Gasteiger charge is 2.14. The molecule has 0 aliphatic carbocycles. The number of hydrogen-bond acceptors (Lipinski definition) is 3. The van der Waals surface area contributed by atoms with Gasteiger partial charge < -0.3 is 15.6 Å². The third-order valence-corrected chi connectivity index (χ3v) is 2.52. The van der Waals surface area contributed by atoms with E-state index >= 15 is 0 Å². The van der Waals surface area contributed by atoms with Gasteiger partial charge in [0, 0.05) is 13.2 Å². The van der Waals surface area contributed by atoms with Crippen molar-refractivity contribution >= 4 is 11.6 Å². The van der Waals surface area contributed by atoms with Crippen LogP contribution in [0.4, 0.5) is 4.39 Å². The predicted molar refractivity (Wildman–Crippen MR) is 60.8 cm³/mol. The number of hydrogen-bond donors (Lipinski definition) is 2. The predicted octanol–water partition coefficient (Wildman–Crippen LogP) is 1.88. The second-order valence-corrected chi connectivity index (χ2v) is 4.05. The second kappa shape index (κ2) is 6.15. The van der Waals surface area contributed by atoms with Crippen LogP contribution in [0.5, 0.6) is 0 Å². The number of methoxy groups -OCH3 is 1. The van der Waals surface area contributed by atoms with Crippen molar-refractivity contribution in [3.63, 3.8) is 0 Å². The Labute approximate surface area is 99.0 Å². The molecule has 0 aliphatic rings. The van der Waals surface area contributed by atoms with Gasteiger partial charge in [0.2, 0.25) is 0 Å². The van der Waals surface area contributed by atoms with Gasteiger partial charge in [-0.1, -0.05) is 17.7 Å². The normalized spacial score (nSPS) is 14.8. The zero-order valence-corrected chi connectivity index (χ0v) is 9.75. The van der Waals surface area contributed by atoms with Crippen LogP contribution in [-0.4, -0.2) is 24.9 Å². The minimum atomic E-state index is -0.761. The Morgan fingerprint density at radius 3 is 2.81 bits per heavy atom. The summed E-state index contributed by atoms with van der Waals surface area (Å²) >= 11 is 5.61. The highest BCUT2D eigenvalue weighted by Crippen LogP contribution is 2.23. The molecule has 0 aromatic heterocycles. The molecule has 0 radical (unpaired) electrons. The van der Waals surface area contributed by atoms with Crippen molar-refractivity contribution in [2.24, 2.45) is 5.73 Å². The lowest BCUT2D eigenvalue weighted by Crippen LogP contribution is -2.27. The number of nitrogens with two attached hydrogens (primary N) is 1. The molecule has 0 amide bonds. The first kappa shape index (κ1) is 13.4. The number of aliphatic hydroxyl groups is 1. The standard InChI is InChI=1S/C11H15ClFNO2/c1-16-6-8(14)5-11(15)7-2-3-10(13)9(12)4-7/h2-4,8,11,15H,5-6,14H2,1H3. The molecule has 5 heteroatoms. The van der Waals surface area contributed by atoms with E-state index in [0.29, 0.717) is 18.6 Å². The Morgan fingerprint density at radius 2 is 2.25 bits per heavy atom. The summed E-state index contributed by atoms with van der Waals surface area (Å²) in [6.45, 7) is 0.367. The molecule has 16 heavy (non-hydrogen) atoms. The molecule has 2 unspecified atom stereocenters. The zero-order chi connectivity index (χ0) is 12.1. The van der Waals surface area contributed by atoms with E-state index in [9.17, 15) is 9.50 Å². The number of halogens is 2. The molecule has 0 heterocycles. The van der Waals surface area contributed by atoms with Crippen molar-refractivity contribution in [2.75, 3.05) is 13.7 Å². The van der Waals surface area contributed by atoms with Gasteiger partial charge in [-0.05, 0) is 24.1 Å². The maximum absolute atomic E-state index is 12.9. The van der Waals surface area contributed by atoms with Gasteiger partial charge in [0.15, 0.2) is 0 Å². The van der Waals surface area contributed by atoms with Gasteiger partial charge in [-0.3, -0.25) is 0 Å². The van der Waals surface area contributed by atoms with E-state index in [1.807, 2.05) is 0 Å². The van der Waals surface area contributed by atoms with Gasteiger partial charge in [0.1, 0.15) is 5.82 Å². The van der Waals surface area contributed by atoms with Crippen LogP contribution in [0.1, 0.15) is 18.1 Å². The molecule has 0 aliphatic heterocycles. The van der Waals surface area contributed by atoms with Gasteiger partial charge in [-0.2, -0.15) is 0 Å². The average Bonchev–Trinajstić information content (AvgIpc) is 2.22. The largest absolute Gasteiger partial charge is 0.388 e. The quantitative estimate of drug-likeness (QED) is 0.835. The third-order valence-electron chi connectivity index (χ3n) is 2.24. The molecule has 0 spiro atoms. The molecular formula is C11H15ClFNO2. The van der Waals surface area contributed by atoms with Crippen molar-refractivity contribution in [2.45, 2.75) is 18.6 Å².